The predicted octanol–water partition coefficient (Wildman–Crippen LogP) is 0.772. The highest BCUT2D eigenvalue weighted by atomic mass is 16.6. The number of nitrogens with one attached hydrogen (secondary N) is 1. The van der Waals surface area contributed by atoms with Crippen LogP contribution in [0.3, 0.4) is 0 Å². The second-order valence-corrected chi connectivity index (χ2v) is 4.87. The Hall–Kier alpha value is -2.08. The molecule has 1 aliphatic rings. The molecule has 0 spiro atoms. The lowest BCUT2D eigenvalue weighted by Gasteiger charge is -2.12. The van der Waals surface area contributed by atoms with Crippen molar-refractivity contribution in [1.29, 1.82) is 0 Å². The molecule has 1 heterocycles. The third kappa shape index (κ3) is 3.71. The van der Waals surface area contributed by atoms with E-state index in [2.05, 4.69) is 10.5 Å². The van der Waals surface area contributed by atoms with Gasteiger partial charge in [0.2, 0.25) is 5.91 Å². The number of aliphatic hydroxyl groups is 1. The van der Waals surface area contributed by atoms with Crippen LogP contribution >= 0.6 is 0 Å². The first-order chi connectivity index (χ1) is 9.58. The number of oxime groups is 1. The van der Waals surface area contributed by atoms with Crippen molar-refractivity contribution in [3.8, 4) is 5.75 Å². The molecule has 0 fully saturated rings. The summed E-state index contributed by atoms with van der Waals surface area (Å²) in [4.78, 5) is 16.9. The van der Waals surface area contributed by atoms with Gasteiger partial charge in [0.15, 0.2) is 0 Å². The van der Waals surface area contributed by atoms with Gasteiger partial charge in [-0.05, 0) is 36.8 Å². The number of aliphatic hydroxyl groups excluding tert-OH is 1. The molecule has 6 heteroatoms. The molecule has 2 atom stereocenters. The molecule has 0 saturated heterocycles. The number of aromatic hydroxyl groups is 1. The van der Waals surface area contributed by atoms with Crippen molar-refractivity contribution in [3.05, 3.63) is 29.8 Å². The first-order valence-corrected chi connectivity index (χ1v) is 6.51. The fraction of sp³-hybridized carbons (Fsp3) is 0.429. The summed E-state index contributed by atoms with van der Waals surface area (Å²) in [6.45, 7) is 1.64. The highest BCUT2D eigenvalue weighted by Crippen LogP contribution is 2.20. The van der Waals surface area contributed by atoms with E-state index in [1.54, 1.807) is 31.2 Å². The Bertz CT molecular complexity index is 498. The van der Waals surface area contributed by atoms with Crippen LogP contribution in [0.5, 0.6) is 5.75 Å². The fourth-order valence-corrected chi connectivity index (χ4v) is 1.95. The first kappa shape index (κ1) is 14.3. The number of carbonyl (C=O) groups is 1. The molecule has 1 aromatic rings. The van der Waals surface area contributed by atoms with E-state index in [0.29, 0.717) is 6.42 Å². The van der Waals surface area contributed by atoms with Crippen LogP contribution in [0.4, 0.5) is 0 Å². The van der Waals surface area contributed by atoms with Crippen molar-refractivity contribution >= 4 is 11.6 Å². The van der Waals surface area contributed by atoms with Gasteiger partial charge in [-0.25, -0.2) is 0 Å². The van der Waals surface area contributed by atoms with Gasteiger partial charge in [0.1, 0.15) is 11.9 Å². The minimum Gasteiger partial charge on any atom is -0.508 e. The van der Waals surface area contributed by atoms with Gasteiger partial charge in [-0.1, -0.05) is 5.16 Å². The van der Waals surface area contributed by atoms with Gasteiger partial charge in [0.25, 0.3) is 0 Å². The van der Waals surface area contributed by atoms with Gasteiger partial charge < -0.3 is 20.4 Å². The molecule has 2 unspecified atom stereocenters. The van der Waals surface area contributed by atoms with Gasteiger partial charge in [0, 0.05) is 12.5 Å². The van der Waals surface area contributed by atoms with Crippen LogP contribution < -0.4 is 5.32 Å². The van der Waals surface area contributed by atoms with Crippen molar-refractivity contribution in [1.82, 2.24) is 5.32 Å². The standard InChI is InChI=1S/C14H18N2O4/c1-9(8-17)15-14(19)7-12-6-13(16-20-12)10-2-4-11(18)5-3-10/h2-5,9,12,17-18H,6-8H2,1H3,(H,15,19). The van der Waals surface area contributed by atoms with Crippen LogP contribution in [0, 0.1) is 0 Å². The summed E-state index contributed by atoms with van der Waals surface area (Å²) in [7, 11) is 0. The second-order valence-electron chi connectivity index (χ2n) is 4.87. The highest BCUT2D eigenvalue weighted by Gasteiger charge is 2.25. The van der Waals surface area contributed by atoms with Crippen molar-refractivity contribution < 1.29 is 19.8 Å². The zero-order chi connectivity index (χ0) is 14.5. The minimum atomic E-state index is -0.287. The van der Waals surface area contributed by atoms with Gasteiger partial charge in [-0.15, -0.1) is 0 Å². The van der Waals surface area contributed by atoms with E-state index in [9.17, 15) is 9.90 Å². The van der Waals surface area contributed by atoms with E-state index in [1.807, 2.05) is 0 Å². The second kappa shape index (κ2) is 6.38. The summed E-state index contributed by atoms with van der Waals surface area (Å²) in [5.74, 6) is 0.0286. The summed E-state index contributed by atoms with van der Waals surface area (Å²) in [6.07, 6.45) is 0.464. The zero-order valence-corrected chi connectivity index (χ0v) is 11.2. The topological polar surface area (TPSA) is 91.2 Å². The maximum Gasteiger partial charge on any atom is 0.224 e. The maximum atomic E-state index is 11.7. The Balaban J connectivity index is 1.85. The third-order valence-corrected chi connectivity index (χ3v) is 3.03. The van der Waals surface area contributed by atoms with Crippen LogP contribution in [-0.2, 0) is 9.63 Å². The van der Waals surface area contributed by atoms with Crippen molar-refractivity contribution in [2.24, 2.45) is 5.16 Å². The normalized spacial score (nSPS) is 19.1. The van der Waals surface area contributed by atoms with Gasteiger partial charge in [-0.2, -0.15) is 0 Å². The Morgan fingerprint density at radius 3 is 2.85 bits per heavy atom. The number of hydrogen-bond donors (Lipinski definition) is 3. The molecule has 0 saturated carbocycles. The molecule has 3 N–H and O–H groups in total. The maximum absolute atomic E-state index is 11.7. The molecular weight excluding hydrogens is 260 g/mol. The lowest BCUT2D eigenvalue weighted by molar-refractivity contribution is -0.124. The molecule has 108 valence electrons. The van der Waals surface area contributed by atoms with Crippen LogP contribution in [0.1, 0.15) is 25.3 Å². The number of rotatable bonds is 5. The van der Waals surface area contributed by atoms with Crippen LogP contribution in [0.2, 0.25) is 0 Å². The molecule has 0 aromatic heterocycles. The number of amides is 1. The fourth-order valence-electron chi connectivity index (χ4n) is 1.95. The SMILES string of the molecule is CC(CO)NC(=O)CC1CC(c2ccc(O)cc2)=NO1. The van der Waals surface area contributed by atoms with E-state index >= 15 is 0 Å². The Morgan fingerprint density at radius 2 is 2.20 bits per heavy atom. The summed E-state index contributed by atoms with van der Waals surface area (Å²) < 4.78 is 0. The molecule has 0 radical (unpaired) electrons. The highest BCUT2D eigenvalue weighted by molar-refractivity contribution is 6.01. The lowest BCUT2D eigenvalue weighted by atomic mass is 10.0. The van der Waals surface area contributed by atoms with Crippen LogP contribution in [-0.4, -0.2) is 40.6 Å². The Labute approximate surface area is 117 Å². The molecule has 1 aromatic carbocycles. The molecule has 20 heavy (non-hydrogen) atoms. The molecule has 1 aliphatic heterocycles. The van der Waals surface area contributed by atoms with Gasteiger partial charge in [0.05, 0.1) is 18.7 Å². The summed E-state index contributed by atoms with van der Waals surface area (Å²) in [5.41, 5.74) is 1.63. The number of carbonyl (C=O) groups excluding carboxylic acids is 1. The monoisotopic (exact) mass is 278 g/mol. The van der Waals surface area contributed by atoms with Gasteiger partial charge in [-0.3, -0.25) is 4.79 Å². The first-order valence-electron chi connectivity index (χ1n) is 6.51. The average Bonchev–Trinajstić information content (AvgIpc) is 2.87. The summed E-state index contributed by atoms with van der Waals surface area (Å²) in [5, 5.41) is 24.7. The Kier molecular flexibility index (Phi) is 4.57. The number of benzene rings is 1. The van der Waals surface area contributed by atoms with Gasteiger partial charge >= 0.3 is 0 Å². The van der Waals surface area contributed by atoms with Crippen LogP contribution in [0.25, 0.3) is 0 Å². The smallest absolute Gasteiger partial charge is 0.224 e. The number of hydrogen-bond acceptors (Lipinski definition) is 5. The zero-order valence-electron chi connectivity index (χ0n) is 11.2. The third-order valence-electron chi connectivity index (χ3n) is 3.03. The van der Waals surface area contributed by atoms with E-state index < -0.39 is 0 Å². The van der Waals surface area contributed by atoms with Crippen molar-refractivity contribution in [2.75, 3.05) is 6.61 Å². The summed E-state index contributed by atoms with van der Waals surface area (Å²) in [6, 6.07) is 6.42. The molecule has 1 amide bonds. The molecule has 0 aliphatic carbocycles. The largest absolute Gasteiger partial charge is 0.508 e. The lowest BCUT2D eigenvalue weighted by Crippen LogP contribution is -2.36. The molecule has 2 rings (SSSR count). The average molecular weight is 278 g/mol. The van der Waals surface area contributed by atoms with E-state index in [0.717, 1.165) is 11.3 Å². The van der Waals surface area contributed by atoms with E-state index in [4.69, 9.17) is 9.94 Å². The Morgan fingerprint density at radius 1 is 1.50 bits per heavy atom. The van der Waals surface area contributed by atoms with Crippen molar-refractivity contribution in [3.63, 3.8) is 0 Å². The molecule has 0 bridgehead atoms. The minimum absolute atomic E-state index is 0.0908. The number of phenols is 1. The van der Waals surface area contributed by atoms with Crippen molar-refractivity contribution in [2.45, 2.75) is 31.9 Å². The predicted molar refractivity (Wildman–Crippen MR) is 73.4 cm³/mol. The molecular formula is C14H18N2O4. The van der Waals surface area contributed by atoms with Crippen LogP contribution in [0.15, 0.2) is 29.4 Å². The molecule has 6 nitrogen and oxygen atoms in total. The summed E-state index contributed by atoms with van der Waals surface area (Å²) >= 11 is 0. The number of phenolic OH excluding ortho intramolecular Hbond substituents is 1. The quantitative estimate of drug-likeness (QED) is 0.742. The van der Waals surface area contributed by atoms with E-state index in [1.165, 1.54) is 0 Å². The van der Waals surface area contributed by atoms with E-state index in [-0.39, 0.29) is 36.8 Å². The number of nitrogens with zero attached hydrogens (tertiary/aromatic N) is 1.